The van der Waals surface area contributed by atoms with Gasteiger partial charge in [0.1, 0.15) is 11.1 Å². The number of benzene rings is 1. The smallest absolute Gasteiger partial charge is 0.329 e. The number of aliphatic carboxylic acids is 1. The zero-order valence-electron chi connectivity index (χ0n) is 20.0. The second-order valence-electron chi connectivity index (χ2n) is 9.85. The molecule has 0 radical (unpaired) electrons. The highest BCUT2D eigenvalue weighted by Gasteiger charge is 2.37. The number of fused-ring (bicyclic) bond motifs is 1. The predicted octanol–water partition coefficient (Wildman–Crippen LogP) is 4.55. The standard InChI is InChI=1S/C25H36N2O5/c1-24(2,3)32-21(28)14-10-7-11-17(22(29)27(6)25(4,5)23(30)31)15-18-16-26-20-13-9-8-12-19(18)20/h8-9,12-13,16-17,26H,7,10-11,14-15H2,1-6H3,(H,30,31)/t17-/m1/s1. The number of unbranched alkanes of at least 4 members (excludes halogenated alkanes) is 1. The number of hydrogen-bond acceptors (Lipinski definition) is 4. The van der Waals surface area contributed by atoms with Crippen LogP contribution in [0.1, 0.15) is 65.9 Å². The van der Waals surface area contributed by atoms with Gasteiger partial charge in [-0.3, -0.25) is 9.59 Å². The first-order valence-electron chi connectivity index (χ1n) is 11.1. The minimum Gasteiger partial charge on any atom is -0.480 e. The van der Waals surface area contributed by atoms with E-state index < -0.39 is 23.0 Å². The molecule has 2 rings (SSSR count). The van der Waals surface area contributed by atoms with E-state index in [1.54, 1.807) is 7.05 Å². The van der Waals surface area contributed by atoms with Crippen LogP contribution in [0.3, 0.4) is 0 Å². The number of amides is 1. The Balaban J connectivity index is 2.13. The van der Waals surface area contributed by atoms with E-state index in [9.17, 15) is 19.5 Å². The van der Waals surface area contributed by atoms with Crippen molar-refractivity contribution < 1.29 is 24.2 Å². The quantitative estimate of drug-likeness (QED) is 0.414. The molecular weight excluding hydrogens is 408 g/mol. The summed E-state index contributed by atoms with van der Waals surface area (Å²) in [5.74, 6) is -1.90. The fraction of sp³-hybridized carbons (Fsp3) is 0.560. The fourth-order valence-electron chi connectivity index (χ4n) is 3.62. The Morgan fingerprint density at radius 3 is 2.38 bits per heavy atom. The molecule has 0 aliphatic heterocycles. The first-order chi connectivity index (χ1) is 14.8. The van der Waals surface area contributed by atoms with E-state index in [0.717, 1.165) is 16.5 Å². The normalized spacial score (nSPS) is 13.1. The maximum absolute atomic E-state index is 13.3. The Bertz CT molecular complexity index is 955. The van der Waals surface area contributed by atoms with Crippen LogP contribution in [0.2, 0.25) is 0 Å². The maximum Gasteiger partial charge on any atom is 0.329 e. The molecule has 32 heavy (non-hydrogen) atoms. The number of carboxylic acids is 1. The highest BCUT2D eigenvalue weighted by molar-refractivity contribution is 5.88. The molecule has 0 spiro atoms. The number of likely N-dealkylation sites (N-methyl/N-ethyl adjacent to an activating group) is 1. The van der Waals surface area contributed by atoms with Gasteiger partial charge in [-0.1, -0.05) is 24.6 Å². The van der Waals surface area contributed by atoms with Gasteiger partial charge in [0.25, 0.3) is 0 Å². The van der Waals surface area contributed by atoms with Crippen molar-refractivity contribution in [3.63, 3.8) is 0 Å². The highest BCUT2D eigenvalue weighted by Crippen LogP contribution is 2.26. The summed E-state index contributed by atoms with van der Waals surface area (Å²) in [7, 11) is 1.54. The number of carboxylic acid groups (broad SMARTS) is 1. The number of hydrogen-bond donors (Lipinski definition) is 2. The van der Waals surface area contributed by atoms with Crippen LogP contribution < -0.4 is 0 Å². The number of aromatic amines is 1. The van der Waals surface area contributed by atoms with Gasteiger partial charge in [-0.05, 0) is 65.5 Å². The Hall–Kier alpha value is -2.83. The zero-order valence-corrected chi connectivity index (χ0v) is 20.0. The van der Waals surface area contributed by atoms with Crippen molar-refractivity contribution in [2.75, 3.05) is 7.05 Å². The van der Waals surface area contributed by atoms with Crippen molar-refractivity contribution in [3.05, 3.63) is 36.0 Å². The van der Waals surface area contributed by atoms with Crippen molar-refractivity contribution in [2.45, 2.75) is 77.9 Å². The number of carbonyl (C=O) groups is 3. The van der Waals surface area contributed by atoms with Crippen molar-refractivity contribution in [1.82, 2.24) is 9.88 Å². The second-order valence-corrected chi connectivity index (χ2v) is 9.85. The number of nitrogens with zero attached hydrogens (tertiary/aromatic N) is 1. The van der Waals surface area contributed by atoms with Crippen LogP contribution in [-0.4, -0.2) is 51.0 Å². The lowest BCUT2D eigenvalue weighted by Gasteiger charge is -2.34. The molecule has 0 aliphatic rings. The fourth-order valence-corrected chi connectivity index (χ4v) is 3.62. The van der Waals surface area contributed by atoms with Crippen LogP contribution in [0, 0.1) is 5.92 Å². The highest BCUT2D eigenvalue weighted by atomic mass is 16.6. The van der Waals surface area contributed by atoms with Gasteiger partial charge in [0.05, 0.1) is 0 Å². The van der Waals surface area contributed by atoms with E-state index in [0.29, 0.717) is 32.1 Å². The summed E-state index contributed by atoms with van der Waals surface area (Å²) in [4.78, 5) is 41.6. The van der Waals surface area contributed by atoms with E-state index in [4.69, 9.17) is 4.74 Å². The van der Waals surface area contributed by atoms with E-state index in [2.05, 4.69) is 4.98 Å². The number of H-pyrrole nitrogens is 1. The van der Waals surface area contributed by atoms with Gasteiger partial charge in [0, 0.05) is 36.5 Å². The van der Waals surface area contributed by atoms with Gasteiger partial charge in [-0.15, -0.1) is 0 Å². The van der Waals surface area contributed by atoms with E-state index >= 15 is 0 Å². The molecule has 1 heterocycles. The number of carbonyl (C=O) groups excluding carboxylic acids is 2. The summed E-state index contributed by atoms with van der Waals surface area (Å²) >= 11 is 0. The maximum atomic E-state index is 13.3. The Labute approximate surface area is 190 Å². The molecule has 1 atom stereocenters. The lowest BCUT2D eigenvalue weighted by molar-refractivity contribution is -0.157. The van der Waals surface area contributed by atoms with Gasteiger partial charge in [-0.2, -0.15) is 0 Å². The largest absolute Gasteiger partial charge is 0.480 e. The van der Waals surface area contributed by atoms with Crippen molar-refractivity contribution in [1.29, 1.82) is 0 Å². The average Bonchev–Trinajstić information content (AvgIpc) is 3.10. The van der Waals surface area contributed by atoms with Gasteiger partial charge in [0.15, 0.2) is 0 Å². The molecule has 0 saturated heterocycles. The molecule has 0 bridgehead atoms. The SMILES string of the molecule is CN(C(=O)[C@H](CCCCC(=O)OC(C)(C)C)Cc1c[nH]c2ccccc12)C(C)(C)C(=O)O. The molecule has 7 heteroatoms. The number of aromatic nitrogens is 1. The number of nitrogens with one attached hydrogen (secondary N) is 1. The number of rotatable bonds is 10. The summed E-state index contributed by atoms with van der Waals surface area (Å²) < 4.78 is 5.35. The van der Waals surface area contributed by atoms with Crippen molar-refractivity contribution in [3.8, 4) is 0 Å². The van der Waals surface area contributed by atoms with E-state index in [1.165, 1.54) is 18.7 Å². The number of para-hydroxylation sites is 1. The zero-order chi connectivity index (χ0) is 24.1. The van der Waals surface area contributed by atoms with Gasteiger partial charge < -0.3 is 19.7 Å². The van der Waals surface area contributed by atoms with E-state index in [-0.39, 0.29) is 11.9 Å². The molecule has 1 aromatic heterocycles. The van der Waals surface area contributed by atoms with Crippen LogP contribution >= 0.6 is 0 Å². The van der Waals surface area contributed by atoms with Gasteiger partial charge in [-0.25, -0.2) is 4.79 Å². The molecular formula is C25H36N2O5. The number of esters is 1. The molecule has 1 aromatic carbocycles. The monoisotopic (exact) mass is 444 g/mol. The van der Waals surface area contributed by atoms with Crippen LogP contribution in [-0.2, 0) is 25.5 Å². The second kappa shape index (κ2) is 10.2. The van der Waals surface area contributed by atoms with Crippen LogP contribution in [0.25, 0.3) is 10.9 Å². The molecule has 2 aromatic rings. The van der Waals surface area contributed by atoms with Crippen LogP contribution in [0.5, 0.6) is 0 Å². The summed E-state index contributed by atoms with van der Waals surface area (Å²) in [6.45, 7) is 8.56. The summed E-state index contributed by atoms with van der Waals surface area (Å²) in [6, 6.07) is 7.90. The Kier molecular flexibility index (Phi) is 8.10. The summed E-state index contributed by atoms with van der Waals surface area (Å²) in [5.41, 5.74) is 0.188. The summed E-state index contributed by atoms with van der Waals surface area (Å²) in [6.07, 6.45) is 4.53. The minimum atomic E-state index is -1.31. The lowest BCUT2D eigenvalue weighted by Crippen LogP contribution is -2.52. The molecule has 176 valence electrons. The summed E-state index contributed by atoms with van der Waals surface area (Å²) in [5, 5.41) is 10.6. The van der Waals surface area contributed by atoms with Crippen LogP contribution in [0.15, 0.2) is 30.5 Å². The van der Waals surface area contributed by atoms with E-state index in [1.807, 2.05) is 51.2 Å². The molecule has 1 amide bonds. The van der Waals surface area contributed by atoms with Crippen molar-refractivity contribution >= 4 is 28.7 Å². The van der Waals surface area contributed by atoms with Gasteiger partial charge >= 0.3 is 11.9 Å². The third-order valence-electron chi connectivity index (χ3n) is 5.79. The minimum absolute atomic E-state index is 0.208. The van der Waals surface area contributed by atoms with Crippen LogP contribution in [0.4, 0.5) is 0 Å². The Morgan fingerprint density at radius 1 is 1.09 bits per heavy atom. The topological polar surface area (TPSA) is 99.7 Å². The Morgan fingerprint density at radius 2 is 1.75 bits per heavy atom. The molecule has 7 nitrogen and oxygen atoms in total. The third kappa shape index (κ3) is 6.58. The average molecular weight is 445 g/mol. The lowest BCUT2D eigenvalue weighted by atomic mass is 9.90. The molecule has 0 unspecified atom stereocenters. The van der Waals surface area contributed by atoms with Gasteiger partial charge in [0.2, 0.25) is 5.91 Å². The molecule has 0 saturated carbocycles. The molecule has 2 N–H and O–H groups in total. The first kappa shape index (κ1) is 25.4. The number of ether oxygens (including phenoxy) is 1. The predicted molar refractivity (Wildman–Crippen MR) is 124 cm³/mol. The molecule has 0 fully saturated rings. The molecule has 0 aliphatic carbocycles. The third-order valence-corrected chi connectivity index (χ3v) is 5.79. The van der Waals surface area contributed by atoms with Crippen molar-refractivity contribution in [2.24, 2.45) is 5.92 Å². The first-order valence-corrected chi connectivity index (χ1v) is 11.1.